The monoisotopic (exact) mass is 679 g/mol. The number of unbranched alkanes of at least 4 members (excludes halogenated alkanes) is 30. The number of hydrogen-bond acceptors (Lipinski definition) is 0. The molecule has 0 rings (SSSR count). The highest BCUT2D eigenvalue weighted by molar-refractivity contribution is 4.59. The second-order valence-corrected chi connectivity index (χ2v) is 17.7. The standard InChI is InChI=1S/C46H98N2/c1-8-11-13-15-17-19-27-31-35-39-43-47(4,5)44-40-36-32-28-25-23-21-22-24-26-30-34-38-42-46(10-3)48(6,7)45-41-37-33-29-20-18-16-14-12-9-2/h46H,8-45H2,1-7H3/q+2. The second kappa shape index (κ2) is 35.3. The molecule has 0 amide bonds. The Morgan fingerprint density at radius 3 is 0.833 bits per heavy atom. The van der Waals surface area contributed by atoms with Gasteiger partial charge in [-0.15, -0.1) is 0 Å². The molecule has 0 saturated carbocycles. The van der Waals surface area contributed by atoms with E-state index >= 15 is 0 Å². The summed E-state index contributed by atoms with van der Waals surface area (Å²) in [5, 5.41) is 0. The van der Waals surface area contributed by atoms with Crippen LogP contribution < -0.4 is 0 Å². The Labute approximate surface area is 307 Å². The van der Waals surface area contributed by atoms with Crippen LogP contribution in [0.5, 0.6) is 0 Å². The van der Waals surface area contributed by atoms with E-state index in [0.29, 0.717) is 0 Å². The lowest BCUT2D eigenvalue weighted by molar-refractivity contribution is -0.915. The topological polar surface area (TPSA) is 0 Å². The molecule has 0 aromatic rings. The summed E-state index contributed by atoms with van der Waals surface area (Å²) >= 11 is 0. The summed E-state index contributed by atoms with van der Waals surface area (Å²) in [6.45, 7) is 11.2. The first-order valence-electron chi connectivity index (χ1n) is 22.9. The van der Waals surface area contributed by atoms with Gasteiger partial charge in [0.25, 0.3) is 0 Å². The summed E-state index contributed by atoms with van der Waals surface area (Å²) in [7, 11) is 9.97. The molecule has 0 spiro atoms. The molecule has 0 N–H and O–H groups in total. The van der Waals surface area contributed by atoms with Crippen LogP contribution >= 0.6 is 0 Å². The second-order valence-electron chi connectivity index (χ2n) is 17.7. The zero-order chi connectivity index (χ0) is 35.4. The highest BCUT2D eigenvalue weighted by Gasteiger charge is 2.25. The van der Waals surface area contributed by atoms with Crippen LogP contribution in [0.25, 0.3) is 0 Å². The van der Waals surface area contributed by atoms with Gasteiger partial charge in [-0.1, -0.05) is 188 Å². The third kappa shape index (κ3) is 33.1. The van der Waals surface area contributed by atoms with E-state index in [1.807, 2.05) is 0 Å². The van der Waals surface area contributed by atoms with Gasteiger partial charge in [-0.3, -0.25) is 0 Å². The molecule has 0 saturated heterocycles. The maximum absolute atomic E-state index is 2.52. The average molecular weight is 679 g/mol. The predicted molar refractivity (Wildman–Crippen MR) is 221 cm³/mol. The molecule has 0 aliphatic carbocycles. The summed E-state index contributed by atoms with van der Waals surface area (Å²) < 4.78 is 2.50. The van der Waals surface area contributed by atoms with E-state index < -0.39 is 0 Å². The van der Waals surface area contributed by atoms with Crippen molar-refractivity contribution in [2.45, 2.75) is 252 Å². The fourth-order valence-electron chi connectivity index (χ4n) is 8.24. The fraction of sp³-hybridized carbons (Fsp3) is 1.00. The summed E-state index contributed by atoms with van der Waals surface area (Å²) in [6.07, 6.45) is 50.8. The van der Waals surface area contributed by atoms with Crippen molar-refractivity contribution in [2.24, 2.45) is 0 Å². The molecule has 48 heavy (non-hydrogen) atoms. The molecule has 1 atom stereocenters. The van der Waals surface area contributed by atoms with Crippen LogP contribution in [-0.2, 0) is 0 Å². The van der Waals surface area contributed by atoms with Crippen molar-refractivity contribution in [3.05, 3.63) is 0 Å². The van der Waals surface area contributed by atoms with Gasteiger partial charge >= 0.3 is 0 Å². The van der Waals surface area contributed by atoms with Gasteiger partial charge in [0.15, 0.2) is 0 Å². The van der Waals surface area contributed by atoms with E-state index in [0.717, 1.165) is 6.04 Å². The van der Waals surface area contributed by atoms with Crippen LogP contribution in [-0.4, -0.2) is 62.8 Å². The Kier molecular flexibility index (Phi) is 35.3. The summed E-state index contributed by atoms with van der Waals surface area (Å²) in [6, 6.07) is 0.864. The maximum atomic E-state index is 2.52. The SMILES string of the molecule is CCCCCCCCCCCC[N+](C)(C)CCCCCCCCCCCCCCCC(CC)[N+](C)(C)CCCCCCCCCCCC. The van der Waals surface area contributed by atoms with Crippen molar-refractivity contribution in [1.29, 1.82) is 0 Å². The molecule has 0 fully saturated rings. The molecule has 0 aromatic heterocycles. The molecule has 0 heterocycles. The molecule has 0 radical (unpaired) electrons. The van der Waals surface area contributed by atoms with Crippen molar-refractivity contribution < 1.29 is 8.97 Å². The molecular weight excluding hydrogens is 581 g/mol. The van der Waals surface area contributed by atoms with E-state index in [9.17, 15) is 0 Å². The molecule has 0 aromatic carbocycles. The quantitative estimate of drug-likeness (QED) is 0.0447. The van der Waals surface area contributed by atoms with E-state index in [1.54, 1.807) is 0 Å². The number of quaternary nitrogens is 2. The van der Waals surface area contributed by atoms with Gasteiger partial charge in [-0.2, -0.15) is 0 Å². The third-order valence-corrected chi connectivity index (χ3v) is 12.0. The van der Waals surface area contributed by atoms with E-state index in [-0.39, 0.29) is 0 Å². The van der Waals surface area contributed by atoms with Crippen molar-refractivity contribution in [3.8, 4) is 0 Å². The molecule has 0 bridgehead atoms. The van der Waals surface area contributed by atoms with E-state index in [4.69, 9.17) is 0 Å². The molecule has 2 nitrogen and oxygen atoms in total. The van der Waals surface area contributed by atoms with Crippen LogP contribution in [0.3, 0.4) is 0 Å². The van der Waals surface area contributed by atoms with Crippen molar-refractivity contribution in [2.75, 3.05) is 47.8 Å². The Morgan fingerprint density at radius 1 is 0.292 bits per heavy atom. The Morgan fingerprint density at radius 2 is 0.542 bits per heavy atom. The van der Waals surface area contributed by atoms with Gasteiger partial charge in [0, 0.05) is 0 Å². The van der Waals surface area contributed by atoms with E-state index in [1.165, 1.54) is 253 Å². The summed E-state index contributed by atoms with van der Waals surface area (Å²) in [5.41, 5.74) is 0. The highest BCUT2D eigenvalue weighted by Crippen LogP contribution is 2.21. The van der Waals surface area contributed by atoms with Crippen LogP contribution in [0.1, 0.15) is 245 Å². The maximum Gasteiger partial charge on any atom is 0.0883 e. The van der Waals surface area contributed by atoms with E-state index in [2.05, 4.69) is 49.0 Å². The van der Waals surface area contributed by atoms with Crippen molar-refractivity contribution in [1.82, 2.24) is 0 Å². The van der Waals surface area contributed by atoms with Crippen LogP contribution in [0, 0.1) is 0 Å². The lowest BCUT2D eigenvalue weighted by Gasteiger charge is -2.38. The fourth-order valence-corrected chi connectivity index (χ4v) is 8.24. The summed E-state index contributed by atoms with van der Waals surface area (Å²) in [5.74, 6) is 0. The number of hydrogen-bond donors (Lipinski definition) is 0. The molecule has 0 aliphatic heterocycles. The van der Waals surface area contributed by atoms with Crippen LogP contribution in [0.4, 0.5) is 0 Å². The van der Waals surface area contributed by atoms with Gasteiger partial charge in [0.2, 0.25) is 0 Å². The highest BCUT2D eigenvalue weighted by atomic mass is 15.3. The molecule has 0 aliphatic rings. The predicted octanol–water partition coefficient (Wildman–Crippen LogP) is 15.2. The molecular formula is C46H98N2+2. The van der Waals surface area contributed by atoms with Crippen LogP contribution in [0.2, 0.25) is 0 Å². The lowest BCUT2D eigenvalue weighted by atomic mass is 10.00. The van der Waals surface area contributed by atoms with Gasteiger partial charge < -0.3 is 8.97 Å². The van der Waals surface area contributed by atoms with Gasteiger partial charge in [-0.25, -0.2) is 0 Å². The van der Waals surface area contributed by atoms with Gasteiger partial charge in [0.05, 0.1) is 53.9 Å². The zero-order valence-corrected chi connectivity index (χ0v) is 35.3. The van der Waals surface area contributed by atoms with Gasteiger partial charge in [-0.05, 0) is 57.8 Å². The third-order valence-electron chi connectivity index (χ3n) is 12.0. The Bertz CT molecular complexity index is 611. The number of rotatable bonds is 40. The number of nitrogens with zero attached hydrogens (tertiary/aromatic N) is 2. The molecule has 290 valence electrons. The normalized spacial score (nSPS) is 13.1. The minimum absolute atomic E-state index is 0.864. The molecule has 1 unspecified atom stereocenters. The first-order valence-corrected chi connectivity index (χ1v) is 22.9. The lowest BCUT2D eigenvalue weighted by Crippen LogP contribution is -2.49. The first-order chi connectivity index (χ1) is 23.3. The Balaban J connectivity index is 3.54. The zero-order valence-electron chi connectivity index (χ0n) is 35.3. The smallest absolute Gasteiger partial charge is 0.0883 e. The average Bonchev–Trinajstić information content (AvgIpc) is 3.06. The van der Waals surface area contributed by atoms with Crippen molar-refractivity contribution >= 4 is 0 Å². The summed E-state index contributed by atoms with van der Waals surface area (Å²) in [4.78, 5) is 0. The minimum Gasteiger partial charge on any atom is -0.328 e. The van der Waals surface area contributed by atoms with Crippen molar-refractivity contribution in [3.63, 3.8) is 0 Å². The van der Waals surface area contributed by atoms with Crippen LogP contribution in [0.15, 0.2) is 0 Å². The minimum atomic E-state index is 0.864. The molecule has 2 heteroatoms. The van der Waals surface area contributed by atoms with Gasteiger partial charge in [0.1, 0.15) is 0 Å². The Hall–Kier alpha value is -0.0800. The largest absolute Gasteiger partial charge is 0.328 e. The first kappa shape index (κ1) is 47.9.